The first-order chi connectivity index (χ1) is 9.06. The zero-order valence-electron chi connectivity index (χ0n) is 11.1. The highest BCUT2D eigenvalue weighted by Gasteiger charge is 2.21. The number of para-hydroxylation sites is 1. The number of benzene rings is 1. The molecule has 0 saturated heterocycles. The van der Waals surface area contributed by atoms with Crippen LogP contribution >= 0.6 is 0 Å². The molecular formula is C14H20N2O3. The number of hydrogen-bond donors (Lipinski definition) is 3. The maximum absolute atomic E-state index is 11.0. The fourth-order valence-corrected chi connectivity index (χ4v) is 2.01. The highest BCUT2D eigenvalue weighted by Crippen LogP contribution is 2.24. The minimum atomic E-state index is -0.609. The van der Waals surface area contributed by atoms with Crippen LogP contribution < -0.4 is 11.1 Å². The maximum Gasteiger partial charge on any atom is 0.306 e. The number of anilines is 1. The summed E-state index contributed by atoms with van der Waals surface area (Å²) < 4.78 is 0. The molecule has 19 heavy (non-hydrogen) atoms. The van der Waals surface area contributed by atoms with Gasteiger partial charge in [0.15, 0.2) is 0 Å². The van der Waals surface area contributed by atoms with Crippen molar-refractivity contribution in [3.05, 3.63) is 29.8 Å². The van der Waals surface area contributed by atoms with Gasteiger partial charge in [0.2, 0.25) is 0 Å². The summed E-state index contributed by atoms with van der Waals surface area (Å²) in [6.07, 6.45) is 4.01. The Morgan fingerprint density at radius 2 is 1.84 bits per heavy atom. The van der Waals surface area contributed by atoms with Crippen molar-refractivity contribution >= 4 is 17.6 Å². The Morgan fingerprint density at radius 1 is 1.26 bits per heavy atom. The number of carboxylic acid groups (broad SMARTS) is 1. The third kappa shape index (κ3) is 4.62. The van der Waals surface area contributed by atoms with Gasteiger partial charge in [-0.15, -0.1) is 0 Å². The molecule has 1 aliphatic rings. The number of amides is 1. The second-order valence-corrected chi connectivity index (χ2v) is 4.49. The number of nitrogens with one attached hydrogen (secondary N) is 1. The summed E-state index contributed by atoms with van der Waals surface area (Å²) in [7, 11) is 1.58. The van der Waals surface area contributed by atoms with Crippen molar-refractivity contribution in [1.82, 2.24) is 5.32 Å². The maximum atomic E-state index is 11.0. The van der Waals surface area contributed by atoms with E-state index in [0.29, 0.717) is 11.3 Å². The monoisotopic (exact) mass is 264 g/mol. The molecule has 0 atom stereocenters. The summed E-state index contributed by atoms with van der Waals surface area (Å²) in [5.74, 6) is -0.777. The lowest BCUT2D eigenvalue weighted by Gasteiger charge is -2.01. The van der Waals surface area contributed by atoms with Gasteiger partial charge in [0.05, 0.1) is 11.5 Å². The summed E-state index contributed by atoms with van der Waals surface area (Å²) in [6, 6.07) is 6.96. The molecule has 0 bridgehead atoms. The Labute approximate surface area is 112 Å². The average Bonchev–Trinajstić information content (AvgIpc) is 2.93. The van der Waals surface area contributed by atoms with E-state index in [4.69, 9.17) is 10.8 Å². The first-order valence-electron chi connectivity index (χ1n) is 6.35. The Kier molecular flexibility index (Phi) is 5.85. The molecule has 0 aliphatic heterocycles. The van der Waals surface area contributed by atoms with Crippen LogP contribution in [0, 0.1) is 5.92 Å². The van der Waals surface area contributed by atoms with Crippen molar-refractivity contribution in [2.24, 2.45) is 5.92 Å². The molecule has 0 unspecified atom stereocenters. The van der Waals surface area contributed by atoms with Gasteiger partial charge in [-0.2, -0.15) is 0 Å². The van der Waals surface area contributed by atoms with Crippen molar-refractivity contribution < 1.29 is 14.7 Å². The molecule has 1 saturated carbocycles. The molecule has 0 heterocycles. The topological polar surface area (TPSA) is 92.4 Å². The lowest BCUT2D eigenvalue weighted by molar-refractivity contribution is -0.141. The lowest BCUT2D eigenvalue weighted by atomic mass is 10.1. The van der Waals surface area contributed by atoms with Crippen molar-refractivity contribution in [3.8, 4) is 0 Å². The van der Waals surface area contributed by atoms with E-state index in [1.54, 1.807) is 31.3 Å². The number of rotatable bonds is 2. The van der Waals surface area contributed by atoms with Crippen LogP contribution in [0.2, 0.25) is 0 Å². The number of carbonyl (C=O) groups excluding carboxylic acids is 1. The number of carboxylic acids is 1. The van der Waals surface area contributed by atoms with Crippen molar-refractivity contribution in [2.75, 3.05) is 12.8 Å². The summed E-state index contributed by atoms with van der Waals surface area (Å²) >= 11 is 0. The number of carbonyl (C=O) groups is 2. The van der Waals surface area contributed by atoms with Gasteiger partial charge < -0.3 is 16.2 Å². The second kappa shape index (κ2) is 7.41. The standard InChI is InChI=1S/C8H10N2O.C6H10O2/c1-10-8(11)6-4-2-3-5-7(6)9;7-6(8)5-3-1-2-4-5/h2-5H,9H2,1H3,(H,10,11);5H,1-4H2,(H,7,8). The third-order valence-corrected chi connectivity index (χ3v) is 3.14. The molecule has 1 amide bonds. The number of hydrogen-bond acceptors (Lipinski definition) is 3. The molecule has 104 valence electrons. The van der Waals surface area contributed by atoms with E-state index in [2.05, 4.69) is 5.32 Å². The van der Waals surface area contributed by atoms with Crippen molar-refractivity contribution in [3.63, 3.8) is 0 Å². The van der Waals surface area contributed by atoms with Gasteiger partial charge in [0, 0.05) is 12.7 Å². The quantitative estimate of drug-likeness (QED) is 0.711. The largest absolute Gasteiger partial charge is 0.481 e. The molecule has 1 aromatic carbocycles. The Bertz CT molecular complexity index is 440. The second-order valence-electron chi connectivity index (χ2n) is 4.49. The molecule has 0 spiro atoms. The van der Waals surface area contributed by atoms with Crippen LogP contribution in [0.5, 0.6) is 0 Å². The number of aliphatic carboxylic acids is 1. The van der Waals surface area contributed by atoms with Gasteiger partial charge in [-0.1, -0.05) is 25.0 Å². The Hall–Kier alpha value is -2.04. The van der Waals surface area contributed by atoms with E-state index in [9.17, 15) is 9.59 Å². The Morgan fingerprint density at radius 3 is 2.26 bits per heavy atom. The summed E-state index contributed by atoms with van der Waals surface area (Å²) in [4.78, 5) is 21.2. The molecule has 5 heteroatoms. The highest BCUT2D eigenvalue weighted by atomic mass is 16.4. The molecule has 1 aromatic rings. The van der Waals surface area contributed by atoms with Crippen LogP contribution in [0.4, 0.5) is 5.69 Å². The van der Waals surface area contributed by atoms with Gasteiger partial charge in [-0.3, -0.25) is 9.59 Å². The van der Waals surface area contributed by atoms with Gasteiger partial charge in [-0.05, 0) is 25.0 Å². The van der Waals surface area contributed by atoms with Crippen LogP contribution in [-0.4, -0.2) is 24.0 Å². The minimum Gasteiger partial charge on any atom is -0.481 e. The Balaban J connectivity index is 0.000000200. The van der Waals surface area contributed by atoms with E-state index in [0.717, 1.165) is 25.7 Å². The minimum absolute atomic E-state index is 0.0185. The first kappa shape index (κ1) is 15.0. The fraction of sp³-hybridized carbons (Fsp3) is 0.429. The van der Waals surface area contributed by atoms with E-state index < -0.39 is 5.97 Å². The smallest absolute Gasteiger partial charge is 0.306 e. The summed E-state index contributed by atoms with van der Waals surface area (Å²) in [5.41, 5.74) is 6.57. The highest BCUT2D eigenvalue weighted by molar-refractivity contribution is 5.98. The molecule has 0 aromatic heterocycles. The summed E-state index contributed by atoms with van der Waals surface area (Å²) in [5, 5.41) is 10.9. The molecule has 2 rings (SSSR count). The van der Waals surface area contributed by atoms with Gasteiger partial charge in [0.25, 0.3) is 5.91 Å². The van der Waals surface area contributed by atoms with Crippen LogP contribution in [-0.2, 0) is 4.79 Å². The van der Waals surface area contributed by atoms with Gasteiger partial charge >= 0.3 is 5.97 Å². The third-order valence-electron chi connectivity index (χ3n) is 3.14. The van der Waals surface area contributed by atoms with Crippen LogP contribution in [0.15, 0.2) is 24.3 Å². The average molecular weight is 264 g/mol. The van der Waals surface area contributed by atoms with Crippen molar-refractivity contribution in [2.45, 2.75) is 25.7 Å². The van der Waals surface area contributed by atoms with Gasteiger partial charge in [0.1, 0.15) is 0 Å². The lowest BCUT2D eigenvalue weighted by Crippen LogP contribution is -2.19. The van der Waals surface area contributed by atoms with Gasteiger partial charge in [-0.25, -0.2) is 0 Å². The predicted octanol–water partition coefficient (Wildman–Crippen LogP) is 1.89. The predicted molar refractivity (Wildman–Crippen MR) is 73.8 cm³/mol. The first-order valence-corrected chi connectivity index (χ1v) is 6.35. The molecule has 1 fully saturated rings. The number of nitrogens with two attached hydrogens (primary N) is 1. The molecular weight excluding hydrogens is 244 g/mol. The molecule has 1 aliphatic carbocycles. The van der Waals surface area contributed by atoms with E-state index in [1.165, 1.54) is 0 Å². The number of nitrogen functional groups attached to an aromatic ring is 1. The van der Waals surface area contributed by atoms with Crippen LogP contribution in [0.25, 0.3) is 0 Å². The molecule has 4 N–H and O–H groups in total. The van der Waals surface area contributed by atoms with E-state index in [-0.39, 0.29) is 11.8 Å². The summed E-state index contributed by atoms with van der Waals surface area (Å²) in [6.45, 7) is 0. The zero-order chi connectivity index (χ0) is 14.3. The van der Waals surface area contributed by atoms with E-state index in [1.807, 2.05) is 0 Å². The van der Waals surface area contributed by atoms with Crippen LogP contribution in [0.3, 0.4) is 0 Å². The fourth-order valence-electron chi connectivity index (χ4n) is 2.01. The normalized spacial score (nSPS) is 14.4. The molecule has 0 radical (unpaired) electrons. The zero-order valence-corrected chi connectivity index (χ0v) is 11.1. The SMILES string of the molecule is CNC(=O)c1ccccc1N.O=C(O)C1CCCC1. The van der Waals surface area contributed by atoms with Crippen LogP contribution in [0.1, 0.15) is 36.0 Å². The van der Waals surface area contributed by atoms with E-state index >= 15 is 0 Å². The molecule has 5 nitrogen and oxygen atoms in total. The van der Waals surface area contributed by atoms with Crippen molar-refractivity contribution in [1.29, 1.82) is 0 Å².